The maximum absolute atomic E-state index is 14.8. The van der Waals surface area contributed by atoms with Crippen molar-refractivity contribution in [1.29, 1.82) is 0 Å². The van der Waals surface area contributed by atoms with E-state index in [2.05, 4.69) is 15.0 Å². The van der Waals surface area contributed by atoms with Crippen LogP contribution in [0.25, 0.3) is 11.1 Å². The molecule has 0 spiro atoms. The smallest absolute Gasteiger partial charge is 0.156 e. The topological polar surface area (TPSA) is 89.9 Å². The van der Waals surface area contributed by atoms with Crippen LogP contribution in [0.1, 0.15) is 33.9 Å². The number of amidine groups is 1. The van der Waals surface area contributed by atoms with Crippen LogP contribution < -0.4 is 5.73 Å². The Morgan fingerprint density at radius 3 is 2.45 bits per heavy atom. The lowest BCUT2D eigenvalue weighted by molar-refractivity contribution is 0.608. The van der Waals surface area contributed by atoms with Crippen molar-refractivity contribution in [1.82, 2.24) is 19.9 Å². The van der Waals surface area contributed by atoms with Crippen molar-refractivity contribution >= 4 is 5.84 Å². The molecule has 6 nitrogen and oxygen atoms in total. The number of fused-ring (bicyclic) bond motifs is 1. The van der Waals surface area contributed by atoms with Gasteiger partial charge < -0.3 is 5.73 Å². The van der Waals surface area contributed by atoms with E-state index in [9.17, 15) is 4.39 Å². The standard InChI is InChI=1S/C24H19FN6/c1-14-9-21(30-15(2)29-14)24(19-7-4-8-20(25)22(19)23(26)31-24)18-6-3-5-16(10-18)17-11-27-13-28-12-17/h3-13H,1-2H3,(H2,26,31). The summed E-state index contributed by atoms with van der Waals surface area (Å²) in [5, 5.41) is 0. The van der Waals surface area contributed by atoms with Crippen LogP contribution in [0, 0.1) is 19.7 Å². The zero-order valence-corrected chi connectivity index (χ0v) is 17.0. The Bertz CT molecular complexity index is 1310. The molecule has 1 aliphatic heterocycles. The van der Waals surface area contributed by atoms with Gasteiger partial charge in [0.2, 0.25) is 0 Å². The van der Waals surface area contributed by atoms with Crippen LogP contribution >= 0.6 is 0 Å². The fraction of sp³-hybridized carbons (Fsp3) is 0.125. The van der Waals surface area contributed by atoms with Crippen molar-refractivity contribution < 1.29 is 4.39 Å². The van der Waals surface area contributed by atoms with Crippen LogP contribution in [-0.2, 0) is 5.54 Å². The van der Waals surface area contributed by atoms with Gasteiger partial charge in [0.05, 0.1) is 11.3 Å². The summed E-state index contributed by atoms with van der Waals surface area (Å²) in [6.07, 6.45) is 4.98. The minimum absolute atomic E-state index is 0.149. The molecule has 3 heterocycles. The predicted octanol–water partition coefficient (Wildman–Crippen LogP) is 3.70. The van der Waals surface area contributed by atoms with E-state index in [4.69, 9.17) is 15.7 Å². The van der Waals surface area contributed by atoms with Gasteiger partial charge in [-0.15, -0.1) is 0 Å². The van der Waals surface area contributed by atoms with Crippen LogP contribution in [0.15, 0.2) is 72.2 Å². The van der Waals surface area contributed by atoms with Crippen molar-refractivity contribution in [2.45, 2.75) is 19.4 Å². The van der Waals surface area contributed by atoms with Gasteiger partial charge in [-0.25, -0.2) is 29.3 Å². The first-order valence-electron chi connectivity index (χ1n) is 9.82. The van der Waals surface area contributed by atoms with Gasteiger partial charge in [-0.1, -0.05) is 30.3 Å². The van der Waals surface area contributed by atoms with Crippen molar-refractivity contribution in [3.63, 3.8) is 0 Å². The van der Waals surface area contributed by atoms with Gasteiger partial charge in [0.15, 0.2) is 5.54 Å². The monoisotopic (exact) mass is 410 g/mol. The van der Waals surface area contributed by atoms with Gasteiger partial charge >= 0.3 is 0 Å². The first-order chi connectivity index (χ1) is 15.0. The molecular weight excluding hydrogens is 391 g/mol. The second-order valence-corrected chi connectivity index (χ2v) is 7.52. The van der Waals surface area contributed by atoms with E-state index in [1.165, 1.54) is 12.4 Å². The number of nitrogens with zero attached hydrogens (tertiary/aromatic N) is 5. The van der Waals surface area contributed by atoms with Gasteiger partial charge in [0.1, 0.15) is 23.8 Å². The molecule has 1 unspecified atom stereocenters. The second-order valence-electron chi connectivity index (χ2n) is 7.52. The van der Waals surface area contributed by atoms with E-state index in [1.54, 1.807) is 18.5 Å². The van der Waals surface area contributed by atoms with Crippen LogP contribution in [0.2, 0.25) is 0 Å². The number of nitrogens with two attached hydrogens (primary N) is 1. The zero-order chi connectivity index (χ0) is 21.6. The molecule has 0 amide bonds. The first kappa shape index (κ1) is 19.0. The van der Waals surface area contributed by atoms with Crippen LogP contribution in [-0.4, -0.2) is 25.8 Å². The van der Waals surface area contributed by atoms with E-state index >= 15 is 0 Å². The van der Waals surface area contributed by atoms with Crippen molar-refractivity contribution in [3.05, 3.63) is 107 Å². The minimum Gasteiger partial charge on any atom is -0.383 e. The summed E-state index contributed by atoms with van der Waals surface area (Å²) >= 11 is 0. The lowest BCUT2D eigenvalue weighted by Crippen LogP contribution is -2.27. The third kappa shape index (κ3) is 2.97. The Morgan fingerprint density at radius 1 is 0.903 bits per heavy atom. The van der Waals surface area contributed by atoms with E-state index in [-0.39, 0.29) is 5.84 Å². The molecule has 0 bridgehead atoms. The molecular formula is C24H19FN6. The minimum atomic E-state index is -1.09. The fourth-order valence-corrected chi connectivity index (χ4v) is 4.22. The molecule has 2 N–H and O–H groups in total. The average Bonchev–Trinajstić information content (AvgIpc) is 3.08. The Hall–Kier alpha value is -4.00. The number of aryl methyl sites for hydroxylation is 2. The third-order valence-corrected chi connectivity index (χ3v) is 5.46. The normalized spacial score (nSPS) is 17.3. The van der Waals surface area contributed by atoms with Crippen LogP contribution in [0.5, 0.6) is 0 Å². The molecule has 0 saturated carbocycles. The van der Waals surface area contributed by atoms with Gasteiger partial charge in [0.25, 0.3) is 0 Å². The molecule has 1 aliphatic rings. The molecule has 31 heavy (non-hydrogen) atoms. The van der Waals surface area contributed by atoms with E-state index in [0.717, 1.165) is 22.4 Å². The molecule has 152 valence electrons. The second kappa shape index (κ2) is 7.05. The summed E-state index contributed by atoms with van der Waals surface area (Å²) in [6.45, 7) is 3.73. The molecule has 2 aromatic carbocycles. The quantitative estimate of drug-likeness (QED) is 0.556. The number of benzene rings is 2. The van der Waals surface area contributed by atoms with E-state index in [1.807, 2.05) is 50.2 Å². The average molecular weight is 410 g/mol. The Kier molecular flexibility index (Phi) is 4.32. The molecule has 0 aliphatic carbocycles. The maximum Gasteiger partial charge on any atom is 0.156 e. The fourth-order valence-electron chi connectivity index (χ4n) is 4.22. The molecule has 5 rings (SSSR count). The molecule has 0 saturated heterocycles. The molecule has 1 atom stereocenters. The number of hydrogen-bond acceptors (Lipinski definition) is 6. The van der Waals surface area contributed by atoms with Gasteiger partial charge in [0, 0.05) is 29.2 Å². The Morgan fingerprint density at radius 2 is 1.68 bits per heavy atom. The van der Waals surface area contributed by atoms with Gasteiger partial charge in [-0.05, 0) is 43.2 Å². The molecule has 0 fully saturated rings. The van der Waals surface area contributed by atoms with Crippen LogP contribution in [0.4, 0.5) is 4.39 Å². The van der Waals surface area contributed by atoms with E-state index in [0.29, 0.717) is 22.6 Å². The lowest BCUT2D eigenvalue weighted by Gasteiger charge is -2.29. The summed E-state index contributed by atoms with van der Waals surface area (Å²) in [5.74, 6) is 0.354. The van der Waals surface area contributed by atoms with Crippen molar-refractivity contribution in [2.24, 2.45) is 10.7 Å². The van der Waals surface area contributed by atoms with Gasteiger partial charge in [-0.3, -0.25) is 0 Å². The van der Waals surface area contributed by atoms with Crippen molar-refractivity contribution in [3.8, 4) is 11.1 Å². The molecule has 0 radical (unpaired) electrons. The summed E-state index contributed by atoms with van der Waals surface area (Å²) in [4.78, 5) is 22.2. The highest BCUT2D eigenvalue weighted by Gasteiger charge is 2.45. The lowest BCUT2D eigenvalue weighted by atomic mass is 9.79. The molecule has 7 heteroatoms. The highest BCUT2D eigenvalue weighted by Crippen LogP contribution is 2.46. The van der Waals surface area contributed by atoms with Gasteiger partial charge in [-0.2, -0.15) is 0 Å². The summed E-state index contributed by atoms with van der Waals surface area (Å²) in [5.41, 5.74) is 10.2. The molecule has 4 aromatic rings. The van der Waals surface area contributed by atoms with Crippen molar-refractivity contribution in [2.75, 3.05) is 0 Å². The number of aliphatic imine (C=N–C) groups is 1. The number of hydrogen-bond donors (Lipinski definition) is 1. The third-order valence-electron chi connectivity index (χ3n) is 5.46. The van der Waals surface area contributed by atoms with E-state index < -0.39 is 11.4 Å². The largest absolute Gasteiger partial charge is 0.383 e. The number of aromatic nitrogens is 4. The first-order valence-corrected chi connectivity index (χ1v) is 9.82. The Balaban J connectivity index is 1.84. The van der Waals surface area contributed by atoms with Crippen LogP contribution in [0.3, 0.4) is 0 Å². The zero-order valence-electron chi connectivity index (χ0n) is 17.0. The Labute approximate surface area is 178 Å². The molecule has 2 aromatic heterocycles. The highest BCUT2D eigenvalue weighted by atomic mass is 19.1. The predicted molar refractivity (Wildman–Crippen MR) is 116 cm³/mol. The highest BCUT2D eigenvalue weighted by molar-refractivity contribution is 6.03. The SMILES string of the molecule is Cc1cc(C2(c3cccc(-c4cncnc4)c3)N=C(N)c3c(F)cccc32)nc(C)n1. The number of halogens is 1. The summed E-state index contributed by atoms with van der Waals surface area (Å²) < 4.78 is 14.8. The maximum atomic E-state index is 14.8. The summed E-state index contributed by atoms with van der Waals surface area (Å²) in [6, 6.07) is 14.7. The number of rotatable bonds is 3. The summed E-state index contributed by atoms with van der Waals surface area (Å²) in [7, 11) is 0.